The third-order valence-corrected chi connectivity index (χ3v) is 7.87. The number of ether oxygens (including phenoxy) is 1. The SMILES string of the molecule is CC1CN(S(=O)(=O)c2ccc(C(=O)N3CCN(c4ncccc4Cl)CC3)cc2)CC(C)O1. The number of amides is 1. The van der Waals surface area contributed by atoms with Gasteiger partial charge in [-0.15, -0.1) is 0 Å². The molecule has 10 heteroatoms. The van der Waals surface area contributed by atoms with Gasteiger partial charge in [-0.2, -0.15) is 4.31 Å². The first kappa shape index (κ1) is 23.0. The minimum atomic E-state index is -3.63. The van der Waals surface area contributed by atoms with Gasteiger partial charge in [0.15, 0.2) is 0 Å². The molecule has 172 valence electrons. The fourth-order valence-corrected chi connectivity index (χ4v) is 5.99. The molecule has 1 aromatic carbocycles. The van der Waals surface area contributed by atoms with E-state index < -0.39 is 10.0 Å². The Morgan fingerprint density at radius 3 is 2.25 bits per heavy atom. The molecule has 0 saturated carbocycles. The van der Waals surface area contributed by atoms with Gasteiger partial charge >= 0.3 is 0 Å². The van der Waals surface area contributed by atoms with Crippen molar-refractivity contribution in [2.24, 2.45) is 0 Å². The number of piperazine rings is 1. The maximum atomic E-state index is 13.0. The monoisotopic (exact) mass is 478 g/mol. The van der Waals surface area contributed by atoms with Crippen LogP contribution in [0.1, 0.15) is 24.2 Å². The Bertz CT molecular complexity index is 1060. The molecule has 2 unspecified atom stereocenters. The number of benzene rings is 1. The Morgan fingerprint density at radius 2 is 1.66 bits per heavy atom. The van der Waals surface area contributed by atoms with Crippen LogP contribution in [-0.4, -0.2) is 80.0 Å². The number of carbonyl (C=O) groups is 1. The van der Waals surface area contributed by atoms with Crippen LogP contribution >= 0.6 is 11.6 Å². The quantitative estimate of drug-likeness (QED) is 0.671. The van der Waals surface area contributed by atoms with Crippen molar-refractivity contribution >= 4 is 33.3 Å². The Kier molecular flexibility index (Phi) is 6.71. The largest absolute Gasteiger partial charge is 0.373 e. The molecule has 2 saturated heterocycles. The molecule has 0 radical (unpaired) electrons. The number of aromatic nitrogens is 1. The van der Waals surface area contributed by atoms with E-state index in [0.717, 1.165) is 5.82 Å². The number of morpholine rings is 1. The van der Waals surface area contributed by atoms with Gasteiger partial charge in [0, 0.05) is 51.0 Å². The number of halogens is 1. The summed E-state index contributed by atoms with van der Waals surface area (Å²) < 4.78 is 33.1. The molecule has 4 rings (SSSR count). The molecule has 8 nitrogen and oxygen atoms in total. The van der Waals surface area contributed by atoms with Crippen LogP contribution in [-0.2, 0) is 14.8 Å². The van der Waals surface area contributed by atoms with Crippen LogP contribution in [0.15, 0.2) is 47.5 Å². The molecule has 0 N–H and O–H groups in total. The summed E-state index contributed by atoms with van der Waals surface area (Å²) in [7, 11) is -3.63. The summed E-state index contributed by atoms with van der Waals surface area (Å²) in [6, 6.07) is 9.79. The van der Waals surface area contributed by atoms with E-state index in [1.54, 1.807) is 35.4 Å². The summed E-state index contributed by atoms with van der Waals surface area (Å²) >= 11 is 6.23. The molecule has 2 aliphatic heterocycles. The fraction of sp³-hybridized carbons (Fsp3) is 0.455. The van der Waals surface area contributed by atoms with Crippen molar-refractivity contribution in [3.05, 3.63) is 53.2 Å². The lowest BCUT2D eigenvalue weighted by Gasteiger charge is -2.36. The van der Waals surface area contributed by atoms with Crippen molar-refractivity contribution in [1.29, 1.82) is 0 Å². The highest BCUT2D eigenvalue weighted by molar-refractivity contribution is 7.89. The molecule has 2 aliphatic rings. The normalized spacial score (nSPS) is 22.7. The van der Waals surface area contributed by atoms with Crippen molar-refractivity contribution in [3.8, 4) is 0 Å². The molecule has 2 aromatic rings. The molecular formula is C22H27ClN4O4S. The summed E-state index contributed by atoms with van der Waals surface area (Å²) in [6.45, 7) is 6.69. The zero-order valence-corrected chi connectivity index (χ0v) is 19.7. The van der Waals surface area contributed by atoms with Gasteiger partial charge in [-0.25, -0.2) is 13.4 Å². The Balaban J connectivity index is 1.41. The lowest BCUT2D eigenvalue weighted by atomic mass is 10.2. The van der Waals surface area contributed by atoms with Gasteiger partial charge in [-0.3, -0.25) is 4.79 Å². The van der Waals surface area contributed by atoms with Crippen LogP contribution in [0.4, 0.5) is 5.82 Å². The molecule has 1 amide bonds. The van der Waals surface area contributed by atoms with Crippen LogP contribution in [0.3, 0.4) is 0 Å². The summed E-state index contributed by atoms with van der Waals surface area (Å²) in [5.41, 5.74) is 0.469. The molecule has 2 atom stereocenters. The molecule has 2 fully saturated rings. The molecule has 32 heavy (non-hydrogen) atoms. The van der Waals surface area contributed by atoms with Gasteiger partial charge in [0.25, 0.3) is 5.91 Å². The first-order valence-corrected chi connectivity index (χ1v) is 12.5. The van der Waals surface area contributed by atoms with Crippen LogP contribution < -0.4 is 4.90 Å². The zero-order valence-electron chi connectivity index (χ0n) is 18.1. The van der Waals surface area contributed by atoms with E-state index in [0.29, 0.717) is 49.9 Å². The van der Waals surface area contributed by atoms with Gasteiger partial charge in [0.1, 0.15) is 5.82 Å². The Hall–Kier alpha value is -2.20. The lowest BCUT2D eigenvalue weighted by Crippen LogP contribution is -2.49. The number of hydrogen-bond acceptors (Lipinski definition) is 6. The van der Waals surface area contributed by atoms with E-state index in [1.165, 1.54) is 16.4 Å². The van der Waals surface area contributed by atoms with Crippen molar-refractivity contribution in [1.82, 2.24) is 14.2 Å². The summed E-state index contributed by atoms with van der Waals surface area (Å²) in [4.78, 5) is 21.3. The molecule has 0 spiro atoms. The van der Waals surface area contributed by atoms with Crippen LogP contribution in [0.25, 0.3) is 0 Å². The Morgan fingerprint density at radius 1 is 1.03 bits per heavy atom. The number of nitrogens with zero attached hydrogens (tertiary/aromatic N) is 4. The lowest BCUT2D eigenvalue weighted by molar-refractivity contribution is -0.0440. The van der Waals surface area contributed by atoms with Gasteiger partial charge in [-0.1, -0.05) is 11.6 Å². The van der Waals surface area contributed by atoms with E-state index in [1.807, 2.05) is 13.8 Å². The molecule has 0 bridgehead atoms. The van der Waals surface area contributed by atoms with Gasteiger partial charge in [0.05, 0.1) is 22.1 Å². The van der Waals surface area contributed by atoms with Crippen molar-refractivity contribution in [2.45, 2.75) is 31.0 Å². The van der Waals surface area contributed by atoms with Gasteiger partial charge in [0.2, 0.25) is 10.0 Å². The number of anilines is 1. The minimum absolute atomic E-state index is 0.116. The topological polar surface area (TPSA) is 83.1 Å². The van der Waals surface area contributed by atoms with E-state index in [-0.39, 0.29) is 23.0 Å². The second-order valence-corrected chi connectivity index (χ2v) is 10.5. The highest BCUT2D eigenvalue weighted by Gasteiger charge is 2.32. The number of rotatable bonds is 4. The third-order valence-electron chi connectivity index (χ3n) is 5.73. The second kappa shape index (κ2) is 9.35. The highest BCUT2D eigenvalue weighted by atomic mass is 35.5. The zero-order chi connectivity index (χ0) is 22.9. The smallest absolute Gasteiger partial charge is 0.253 e. The average Bonchev–Trinajstić information content (AvgIpc) is 2.78. The first-order chi connectivity index (χ1) is 15.3. The summed E-state index contributed by atoms with van der Waals surface area (Å²) in [5, 5.41) is 0.591. The molecule has 1 aromatic heterocycles. The third kappa shape index (κ3) is 4.76. The second-order valence-electron chi connectivity index (χ2n) is 8.19. The van der Waals surface area contributed by atoms with Crippen LogP contribution in [0, 0.1) is 0 Å². The molecule has 0 aliphatic carbocycles. The summed E-state index contributed by atoms with van der Waals surface area (Å²) in [6.07, 6.45) is 1.38. The number of hydrogen-bond donors (Lipinski definition) is 0. The maximum absolute atomic E-state index is 13.0. The average molecular weight is 479 g/mol. The number of sulfonamides is 1. The number of carbonyl (C=O) groups excluding carboxylic acids is 1. The van der Waals surface area contributed by atoms with Crippen molar-refractivity contribution in [2.75, 3.05) is 44.2 Å². The molecule has 3 heterocycles. The summed E-state index contributed by atoms with van der Waals surface area (Å²) in [5.74, 6) is 0.608. The first-order valence-electron chi connectivity index (χ1n) is 10.7. The number of pyridine rings is 1. The maximum Gasteiger partial charge on any atom is 0.253 e. The predicted molar refractivity (Wildman–Crippen MR) is 123 cm³/mol. The van der Waals surface area contributed by atoms with Gasteiger partial charge in [-0.05, 0) is 50.2 Å². The van der Waals surface area contributed by atoms with E-state index in [2.05, 4.69) is 9.88 Å². The highest BCUT2D eigenvalue weighted by Crippen LogP contribution is 2.25. The standard InChI is InChI=1S/C22H27ClN4O4S/c1-16-14-27(15-17(2)31-16)32(29,30)19-7-5-18(6-8-19)22(28)26-12-10-25(11-13-26)21-20(23)4-3-9-24-21/h3-9,16-17H,10-15H2,1-2H3. The van der Waals surface area contributed by atoms with Crippen molar-refractivity contribution < 1.29 is 17.9 Å². The van der Waals surface area contributed by atoms with Crippen LogP contribution in [0.5, 0.6) is 0 Å². The molecular weight excluding hydrogens is 452 g/mol. The van der Waals surface area contributed by atoms with E-state index in [4.69, 9.17) is 16.3 Å². The van der Waals surface area contributed by atoms with Crippen LogP contribution in [0.2, 0.25) is 5.02 Å². The predicted octanol–water partition coefficient (Wildman–Crippen LogP) is 2.50. The van der Waals surface area contributed by atoms with Crippen molar-refractivity contribution in [3.63, 3.8) is 0 Å². The van der Waals surface area contributed by atoms with Gasteiger partial charge < -0.3 is 14.5 Å². The Labute approximate surface area is 193 Å². The van der Waals surface area contributed by atoms with E-state index in [9.17, 15) is 13.2 Å². The fourth-order valence-electron chi connectivity index (χ4n) is 4.16. The minimum Gasteiger partial charge on any atom is -0.373 e. The van der Waals surface area contributed by atoms with E-state index >= 15 is 0 Å².